The summed E-state index contributed by atoms with van der Waals surface area (Å²) in [7, 11) is 0. The second-order valence-electron chi connectivity index (χ2n) is 3.28. The monoisotopic (exact) mass is 256 g/mol. The number of aliphatic hydroxyl groups is 1. The smallest absolute Gasteiger partial charge is 0.169 e. The molecule has 1 aromatic heterocycles. The van der Waals surface area contributed by atoms with E-state index in [0.29, 0.717) is 23.5 Å². The van der Waals surface area contributed by atoms with E-state index in [0.717, 1.165) is 0 Å². The fraction of sp³-hybridized carbons (Fsp3) is 0.444. The fourth-order valence-corrected chi connectivity index (χ4v) is 1.82. The molecule has 1 fully saturated rings. The molecule has 1 aromatic rings. The van der Waals surface area contributed by atoms with Crippen LogP contribution in [0.1, 0.15) is 11.8 Å². The van der Waals surface area contributed by atoms with Crippen molar-refractivity contribution in [1.29, 1.82) is 5.26 Å². The Kier molecular flexibility index (Phi) is 2.59. The number of halogens is 1. The second kappa shape index (κ2) is 3.73. The maximum absolute atomic E-state index is 9.12. The molecule has 0 radical (unpaired) electrons. The quantitative estimate of drug-likeness (QED) is 0.867. The summed E-state index contributed by atoms with van der Waals surface area (Å²) in [4.78, 5) is 1.87. The number of likely N-dealkylation sites (tertiary alicyclic amines) is 1. The highest BCUT2D eigenvalue weighted by molar-refractivity contribution is 9.10. The van der Waals surface area contributed by atoms with Crippen LogP contribution in [0.5, 0.6) is 0 Å². The van der Waals surface area contributed by atoms with Gasteiger partial charge >= 0.3 is 0 Å². The molecule has 0 saturated carbocycles. The first-order valence-corrected chi connectivity index (χ1v) is 5.07. The van der Waals surface area contributed by atoms with E-state index in [4.69, 9.17) is 14.8 Å². The van der Waals surface area contributed by atoms with Crippen molar-refractivity contribution < 1.29 is 9.52 Å². The highest BCUT2D eigenvalue weighted by Gasteiger charge is 2.33. The summed E-state index contributed by atoms with van der Waals surface area (Å²) in [6.07, 6.45) is -0.302. The molecule has 0 aliphatic carbocycles. The van der Waals surface area contributed by atoms with Crippen LogP contribution in [0.4, 0.5) is 0 Å². The molecule has 1 aliphatic heterocycles. The van der Waals surface area contributed by atoms with E-state index < -0.39 is 0 Å². The van der Waals surface area contributed by atoms with Crippen LogP contribution in [0, 0.1) is 11.3 Å². The lowest BCUT2D eigenvalue weighted by atomic mass is 10.1. The molecule has 4 nitrogen and oxygen atoms in total. The molecule has 5 heteroatoms. The summed E-state index contributed by atoms with van der Waals surface area (Å²) in [6, 6.07) is 5.30. The van der Waals surface area contributed by atoms with E-state index in [2.05, 4.69) is 22.0 Å². The van der Waals surface area contributed by atoms with E-state index in [9.17, 15) is 0 Å². The third kappa shape index (κ3) is 1.69. The van der Waals surface area contributed by atoms with Gasteiger partial charge in [-0.15, -0.1) is 0 Å². The maximum Gasteiger partial charge on any atom is 0.169 e. The average Bonchev–Trinajstić information content (AvgIpc) is 2.50. The van der Waals surface area contributed by atoms with Gasteiger partial charge in [0.05, 0.1) is 12.2 Å². The van der Waals surface area contributed by atoms with Gasteiger partial charge in [0, 0.05) is 13.1 Å². The summed E-state index contributed by atoms with van der Waals surface area (Å²) in [5.41, 5.74) is 0. The molecule has 0 spiro atoms. The van der Waals surface area contributed by atoms with Gasteiger partial charge in [0.25, 0.3) is 0 Å². The standard InChI is InChI=1S/C9H9BrN2O2/c10-9-2-1-8(14-9)7(3-11)12-4-6(13)5-12/h1-2,6-7,13H,4-5H2. The van der Waals surface area contributed by atoms with Gasteiger partial charge in [0.2, 0.25) is 0 Å². The van der Waals surface area contributed by atoms with Crippen LogP contribution >= 0.6 is 15.9 Å². The molecular weight excluding hydrogens is 248 g/mol. The lowest BCUT2D eigenvalue weighted by Crippen LogP contribution is -2.51. The first kappa shape index (κ1) is 9.71. The van der Waals surface area contributed by atoms with Crippen LogP contribution < -0.4 is 0 Å². The van der Waals surface area contributed by atoms with Gasteiger partial charge in [0.1, 0.15) is 5.76 Å². The van der Waals surface area contributed by atoms with Gasteiger partial charge in [0.15, 0.2) is 10.7 Å². The Morgan fingerprint density at radius 3 is 2.79 bits per heavy atom. The van der Waals surface area contributed by atoms with Crippen molar-refractivity contribution in [3.63, 3.8) is 0 Å². The topological polar surface area (TPSA) is 60.4 Å². The molecule has 74 valence electrons. The van der Waals surface area contributed by atoms with Crippen molar-refractivity contribution >= 4 is 15.9 Å². The summed E-state index contributed by atoms with van der Waals surface area (Å²) in [5.74, 6) is 0.617. The zero-order chi connectivity index (χ0) is 10.1. The van der Waals surface area contributed by atoms with Gasteiger partial charge in [-0.3, -0.25) is 4.90 Å². The minimum atomic E-state index is -0.385. The first-order valence-electron chi connectivity index (χ1n) is 4.27. The maximum atomic E-state index is 9.12. The number of aliphatic hydroxyl groups excluding tert-OH is 1. The second-order valence-corrected chi connectivity index (χ2v) is 4.06. The van der Waals surface area contributed by atoms with Gasteiger partial charge < -0.3 is 9.52 Å². The molecule has 2 rings (SSSR count). The van der Waals surface area contributed by atoms with Crippen molar-refractivity contribution in [3.8, 4) is 6.07 Å². The molecule has 0 aromatic carbocycles. The van der Waals surface area contributed by atoms with Crippen LogP contribution in [0.3, 0.4) is 0 Å². The van der Waals surface area contributed by atoms with Gasteiger partial charge in [-0.25, -0.2) is 0 Å². The lowest BCUT2D eigenvalue weighted by molar-refractivity contribution is -0.0168. The van der Waals surface area contributed by atoms with Gasteiger partial charge in [-0.05, 0) is 28.1 Å². The minimum absolute atomic E-state index is 0.302. The number of hydrogen-bond donors (Lipinski definition) is 1. The zero-order valence-electron chi connectivity index (χ0n) is 7.35. The van der Waals surface area contributed by atoms with Gasteiger partial charge in [-0.2, -0.15) is 5.26 Å². The Bertz CT molecular complexity index is 365. The molecule has 1 atom stereocenters. The highest BCUT2D eigenvalue weighted by Crippen LogP contribution is 2.28. The van der Waals surface area contributed by atoms with E-state index in [1.807, 2.05) is 4.90 Å². The van der Waals surface area contributed by atoms with E-state index >= 15 is 0 Å². The Hall–Kier alpha value is -0.830. The van der Waals surface area contributed by atoms with Crippen LogP contribution in [0.15, 0.2) is 21.2 Å². The number of rotatable bonds is 2. The number of hydrogen-bond acceptors (Lipinski definition) is 4. The Balaban J connectivity index is 2.11. The van der Waals surface area contributed by atoms with E-state index in [1.54, 1.807) is 12.1 Å². The van der Waals surface area contributed by atoms with Crippen molar-refractivity contribution in [2.75, 3.05) is 13.1 Å². The molecule has 1 saturated heterocycles. The number of nitriles is 1. The third-order valence-electron chi connectivity index (χ3n) is 2.24. The van der Waals surface area contributed by atoms with Crippen molar-refractivity contribution in [1.82, 2.24) is 4.90 Å². The highest BCUT2D eigenvalue weighted by atomic mass is 79.9. The van der Waals surface area contributed by atoms with Crippen molar-refractivity contribution in [3.05, 3.63) is 22.6 Å². The van der Waals surface area contributed by atoms with Crippen molar-refractivity contribution in [2.24, 2.45) is 0 Å². The SMILES string of the molecule is N#CC(c1ccc(Br)o1)N1CC(O)C1. The number of furan rings is 1. The molecule has 14 heavy (non-hydrogen) atoms. The minimum Gasteiger partial charge on any atom is -0.452 e. The third-order valence-corrected chi connectivity index (χ3v) is 2.67. The Labute approximate surface area is 89.9 Å². The summed E-state index contributed by atoms with van der Waals surface area (Å²) in [5, 5.41) is 18.1. The van der Waals surface area contributed by atoms with Crippen LogP contribution in [0.25, 0.3) is 0 Å². The van der Waals surface area contributed by atoms with Gasteiger partial charge in [-0.1, -0.05) is 0 Å². The predicted octanol–water partition coefficient (Wildman–Crippen LogP) is 1.28. The van der Waals surface area contributed by atoms with Crippen LogP contribution in [-0.2, 0) is 0 Å². The molecule has 1 unspecified atom stereocenters. The Morgan fingerprint density at radius 2 is 2.36 bits per heavy atom. The molecule has 2 heterocycles. The summed E-state index contributed by atoms with van der Waals surface area (Å²) < 4.78 is 5.92. The Morgan fingerprint density at radius 1 is 1.64 bits per heavy atom. The molecule has 0 amide bonds. The van der Waals surface area contributed by atoms with Crippen LogP contribution in [0.2, 0.25) is 0 Å². The lowest BCUT2D eigenvalue weighted by Gasteiger charge is -2.37. The predicted molar refractivity (Wildman–Crippen MR) is 52.3 cm³/mol. The molecule has 1 N–H and O–H groups in total. The fourth-order valence-electron chi connectivity index (χ4n) is 1.50. The molecular formula is C9H9BrN2O2. The summed E-state index contributed by atoms with van der Waals surface area (Å²) in [6.45, 7) is 1.08. The first-order chi connectivity index (χ1) is 6.70. The summed E-state index contributed by atoms with van der Waals surface area (Å²) >= 11 is 3.19. The molecule has 0 bridgehead atoms. The molecule has 1 aliphatic rings. The largest absolute Gasteiger partial charge is 0.452 e. The van der Waals surface area contributed by atoms with E-state index in [1.165, 1.54) is 0 Å². The van der Waals surface area contributed by atoms with Crippen molar-refractivity contribution in [2.45, 2.75) is 12.1 Å². The normalized spacial score (nSPS) is 20.1. The number of nitrogens with zero attached hydrogens (tertiary/aromatic N) is 2. The van der Waals surface area contributed by atoms with E-state index in [-0.39, 0.29) is 12.1 Å². The number of β-amino-alcohol motifs (C(OH)–C–C–N with tert-alkyl or cyclic N) is 1. The average molecular weight is 257 g/mol. The zero-order valence-corrected chi connectivity index (χ0v) is 8.94. The van der Waals surface area contributed by atoms with Crippen LogP contribution in [-0.4, -0.2) is 29.2 Å².